The highest BCUT2D eigenvalue weighted by atomic mass is 16.6. The molecule has 0 bridgehead atoms. The molecule has 0 spiro atoms. The summed E-state index contributed by atoms with van der Waals surface area (Å²) in [7, 11) is 1.25. The highest BCUT2D eigenvalue weighted by Gasteiger charge is 2.42. The zero-order valence-electron chi connectivity index (χ0n) is 16.7. The van der Waals surface area contributed by atoms with Crippen LogP contribution >= 0.6 is 0 Å². The van der Waals surface area contributed by atoms with E-state index in [9.17, 15) is 14.4 Å². The van der Waals surface area contributed by atoms with Gasteiger partial charge in [-0.25, -0.2) is 14.4 Å². The Morgan fingerprint density at radius 1 is 1.14 bits per heavy atom. The van der Waals surface area contributed by atoms with Crippen molar-refractivity contribution in [3.05, 3.63) is 35.9 Å². The van der Waals surface area contributed by atoms with Crippen LogP contribution < -0.4 is 0 Å². The maximum absolute atomic E-state index is 12.5. The van der Waals surface area contributed by atoms with Crippen LogP contribution in [-0.2, 0) is 35.1 Å². The fourth-order valence-electron chi connectivity index (χ4n) is 2.84. The maximum Gasteiger partial charge on any atom is 0.410 e. The minimum absolute atomic E-state index is 0.0908. The van der Waals surface area contributed by atoms with Crippen molar-refractivity contribution in [2.24, 2.45) is 0 Å². The Balaban J connectivity index is 1.93. The van der Waals surface area contributed by atoms with Crippen LogP contribution in [0.2, 0.25) is 0 Å². The molecule has 154 valence electrons. The molecule has 0 radical (unpaired) electrons. The largest absolute Gasteiger partial charge is 0.467 e. The summed E-state index contributed by atoms with van der Waals surface area (Å²) in [5, 5.41) is 0. The van der Waals surface area contributed by atoms with Gasteiger partial charge in [0.15, 0.2) is 0 Å². The molecule has 1 aliphatic rings. The number of rotatable bonds is 6. The normalized spacial score (nSPS) is 19.2. The monoisotopic (exact) mass is 393 g/mol. The van der Waals surface area contributed by atoms with E-state index < -0.39 is 35.8 Å². The lowest BCUT2D eigenvalue weighted by molar-refractivity contribution is -0.162. The Morgan fingerprint density at radius 3 is 2.43 bits per heavy atom. The Bertz CT molecular complexity index is 684. The third kappa shape index (κ3) is 6.53. The van der Waals surface area contributed by atoms with Gasteiger partial charge in [-0.05, 0) is 26.3 Å². The van der Waals surface area contributed by atoms with Gasteiger partial charge >= 0.3 is 18.0 Å². The fraction of sp³-hybridized carbons (Fsp3) is 0.550. The minimum atomic E-state index is -0.822. The molecule has 0 aliphatic carbocycles. The lowest BCUT2D eigenvalue weighted by Crippen LogP contribution is -2.41. The van der Waals surface area contributed by atoms with Gasteiger partial charge in [-0.1, -0.05) is 30.3 Å². The average Bonchev–Trinajstić information content (AvgIpc) is 3.08. The second kappa shape index (κ2) is 9.54. The predicted molar refractivity (Wildman–Crippen MR) is 99.3 cm³/mol. The quantitative estimate of drug-likeness (QED) is 0.541. The Hall–Kier alpha value is -2.61. The van der Waals surface area contributed by atoms with Gasteiger partial charge in [0, 0.05) is 6.42 Å². The molecule has 1 amide bonds. The van der Waals surface area contributed by atoms with E-state index >= 15 is 0 Å². The van der Waals surface area contributed by atoms with Crippen molar-refractivity contribution >= 4 is 18.0 Å². The third-order valence-electron chi connectivity index (χ3n) is 4.03. The summed E-state index contributed by atoms with van der Waals surface area (Å²) in [6.07, 6.45) is -0.917. The van der Waals surface area contributed by atoms with Gasteiger partial charge in [0.05, 0.1) is 19.8 Å². The van der Waals surface area contributed by atoms with Crippen molar-refractivity contribution in [1.82, 2.24) is 4.90 Å². The summed E-state index contributed by atoms with van der Waals surface area (Å²) in [5.41, 5.74) is 0.222. The molecule has 0 aromatic heterocycles. The number of esters is 2. The summed E-state index contributed by atoms with van der Waals surface area (Å²) in [6, 6.07) is 8.40. The van der Waals surface area contributed by atoms with Crippen molar-refractivity contribution in [2.45, 2.75) is 51.5 Å². The van der Waals surface area contributed by atoms with Crippen molar-refractivity contribution in [3.63, 3.8) is 0 Å². The van der Waals surface area contributed by atoms with Crippen LogP contribution in [0.15, 0.2) is 30.3 Å². The average molecular weight is 393 g/mol. The topological polar surface area (TPSA) is 91.4 Å². The number of benzene rings is 1. The van der Waals surface area contributed by atoms with Gasteiger partial charge in [0.25, 0.3) is 0 Å². The van der Waals surface area contributed by atoms with E-state index in [2.05, 4.69) is 0 Å². The van der Waals surface area contributed by atoms with Crippen LogP contribution in [0.25, 0.3) is 0 Å². The van der Waals surface area contributed by atoms with Crippen molar-refractivity contribution in [3.8, 4) is 0 Å². The zero-order valence-corrected chi connectivity index (χ0v) is 16.7. The van der Waals surface area contributed by atoms with Crippen LogP contribution in [0, 0.1) is 0 Å². The first-order valence-corrected chi connectivity index (χ1v) is 9.08. The smallest absolute Gasteiger partial charge is 0.410 e. The molecule has 1 aliphatic heterocycles. The Labute approximate surface area is 164 Å². The molecule has 1 aromatic rings. The number of ether oxygens (including phenoxy) is 4. The van der Waals surface area contributed by atoms with Crippen molar-refractivity contribution in [2.75, 3.05) is 20.3 Å². The SMILES string of the molecule is COC(=O)[C@H]1CC(OCC(=O)OC(C)(C)C)CN1C(=O)OCc1ccccc1. The van der Waals surface area contributed by atoms with E-state index in [1.165, 1.54) is 12.0 Å². The summed E-state index contributed by atoms with van der Waals surface area (Å²) in [4.78, 5) is 37.6. The first-order chi connectivity index (χ1) is 13.2. The van der Waals surface area contributed by atoms with Crippen molar-refractivity contribution < 1.29 is 33.3 Å². The fourth-order valence-corrected chi connectivity index (χ4v) is 2.84. The molecule has 8 heteroatoms. The van der Waals surface area contributed by atoms with Crippen LogP contribution in [-0.4, -0.2) is 60.9 Å². The lowest BCUT2D eigenvalue weighted by atomic mass is 10.2. The molecule has 0 N–H and O–H groups in total. The van der Waals surface area contributed by atoms with Gasteiger partial charge < -0.3 is 18.9 Å². The highest BCUT2D eigenvalue weighted by molar-refractivity contribution is 5.82. The number of methoxy groups -OCH3 is 1. The number of nitrogens with zero attached hydrogens (tertiary/aromatic N) is 1. The standard InChI is InChI=1S/C20H27NO7/c1-20(2,3)28-17(22)13-26-15-10-16(18(23)25-4)21(11-15)19(24)27-12-14-8-6-5-7-9-14/h5-9,15-16H,10-13H2,1-4H3/t15?,16-/m1/s1. The van der Waals surface area contributed by atoms with E-state index in [4.69, 9.17) is 18.9 Å². The number of carbonyl (C=O) groups excluding carboxylic acids is 3. The third-order valence-corrected chi connectivity index (χ3v) is 4.03. The summed E-state index contributed by atoms with van der Waals surface area (Å²) in [6.45, 7) is 5.24. The van der Waals surface area contributed by atoms with Gasteiger partial charge in [-0.2, -0.15) is 0 Å². The molecule has 1 heterocycles. The van der Waals surface area contributed by atoms with E-state index in [0.29, 0.717) is 0 Å². The molecule has 1 aromatic carbocycles. The van der Waals surface area contributed by atoms with Gasteiger partial charge in [-0.15, -0.1) is 0 Å². The van der Waals surface area contributed by atoms with E-state index in [-0.39, 0.29) is 26.2 Å². The number of carbonyl (C=O) groups is 3. The van der Waals surface area contributed by atoms with Crippen LogP contribution in [0.4, 0.5) is 4.79 Å². The van der Waals surface area contributed by atoms with Gasteiger partial charge in [0.2, 0.25) is 0 Å². The number of amides is 1. The second-order valence-corrected chi connectivity index (χ2v) is 7.49. The predicted octanol–water partition coefficient (Wildman–Crippen LogP) is 2.30. The Kier molecular flexibility index (Phi) is 7.39. The number of hydrogen-bond acceptors (Lipinski definition) is 7. The lowest BCUT2D eigenvalue weighted by Gasteiger charge is -2.22. The van der Waals surface area contributed by atoms with E-state index in [0.717, 1.165) is 5.56 Å². The number of likely N-dealkylation sites (tertiary alicyclic amines) is 1. The second-order valence-electron chi connectivity index (χ2n) is 7.49. The molecule has 1 unspecified atom stereocenters. The summed E-state index contributed by atoms with van der Waals surface area (Å²) >= 11 is 0. The van der Waals surface area contributed by atoms with Crippen LogP contribution in [0.1, 0.15) is 32.8 Å². The molecule has 1 fully saturated rings. The summed E-state index contributed by atoms with van der Waals surface area (Å²) < 4.78 is 20.8. The molecule has 28 heavy (non-hydrogen) atoms. The zero-order chi connectivity index (χ0) is 20.7. The van der Waals surface area contributed by atoms with E-state index in [1.54, 1.807) is 20.8 Å². The van der Waals surface area contributed by atoms with Crippen molar-refractivity contribution in [1.29, 1.82) is 0 Å². The molecular formula is C20H27NO7. The van der Waals surface area contributed by atoms with Gasteiger partial charge in [0.1, 0.15) is 24.9 Å². The Morgan fingerprint density at radius 2 is 1.82 bits per heavy atom. The first-order valence-electron chi connectivity index (χ1n) is 9.08. The molecule has 0 saturated carbocycles. The minimum Gasteiger partial charge on any atom is -0.467 e. The van der Waals surface area contributed by atoms with Crippen LogP contribution in [0.5, 0.6) is 0 Å². The number of hydrogen-bond donors (Lipinski definition) is 0. The van der Waals surface area contributed by atoms with Gasteiger partial charge in [-0.3, -0.25) is 4.90 Å². The maximum atomic E-state index is 12.5. The molecule has 2 atom stereocenters. The molecular weight excluding hydrogens is 366 g/mol. The molecule has 2 rings (SSSR count). The first kappa shape index (κ1) is 21.7. The molecule has 8 nitrogen and oxygen atoms in total. The summed E-state index contributed by atoms with van der Waals surface area (Å²) in [5.74, 6) is -1.06. The molecule has 1 saturated heterocycles. The van der Waals surface area contributed by atoms with Crippen LogP contribution in [0.3, 0.4) is 0 Å². The highest BCUT2D eigenvalue weighted by Crippen LogP contribution is 2.23. The van der Waals surface area contributed by atoms with E-state index in [1.807, 2.05) is 30.3 Å².